The van der Waals surface area contributed by atoms with Gasteiger partial charge < -0.3 is 10.8 Å². The normalized spacial score (nSPS) is 23.8. The van der Waals surface area contributed by atoms with Gasteiger partial charge in [-0.2, -0.15) is 0 Å². The Morgan fingerprint density at radius 2 is 2.00 bits per heavy atom. The molecule has 0 saturated heterocycles. The maximum absolute atomic E-state index is 10.5. The Balaban J connectivity index is 2.51. The lowest BCUT2D eigenvalue weighted by Crippen LogP contribution is -2.42. The number of carboxylic acid groups (broad SMARTS) is 1. The van der Waals surface area contributed by atoms with Crippen molar-refractivity contribution in [3.05, 3.63) is 0 Å². The quantitative estimate of drug-likeness (QED) is 0.704. The van der Waals surface area contributed by atoms with Gasteiger partial charge in [0.15, 0.2) is 0 Å². The van der Waals surface area contributed by atoms with Crippen molar-refractivity contribution >= 4 is 5.97 Å². The average molecular weight is 185 g/mol. The second-order valence-corrected chi connectivity index (χ2v) is 4.42. The van der Waals surface area contributed by atoms with E-state index in [1.807, 2.05) is 0 Å². The maximum Gasteiger partial charge on any atom is 0.304 e. The maximum atomic E-state index is 10.5. The lowest BCUT2D eigenvalue weighted by atomic mass is 9.70. The molecule has 13 heavy (non-hydrogen) atoms. The molecule has 0 aliphatic heterocycles. The van der Waals surface area contributed by atoms with Gasteiger partial charge in [0, 0.05) is 6.04 Å². The molecule has 0 amide bonds. The molecule has 0 radical (unpaired) electrons. The molecule has 3 N–H and O–H groups in total. The van der Waals surface area contributed by atoms with Crippen LogP contribution in [0.4, 0.5) is 0 Å². The van der Waals surface area contributed by atoms with Gasteiger partial charge in [0.1, 0.15) is 0 Å². The van der Waals surface area contributed by atoms with Gasteiger partial charge in [-0.3, -0.25) is 4.79 Å². The van der Waals surface area contributed by atoms with E-state index in [4.69, 9.17) is 10.8 Å². The number of hydrogen-bond donors (Lipinski definition) is 2. The van der Waals surface area contributed by atoms with Crippen molar-refractivity contribution in [2.45, 2.75) is 51.5 Å². The molecule has 1 rings (SSSR count). The first-order valence-corrected chi connectivity index (χ1v) is 5.02. The molecule has 1 aliphatic rings. The van der Waals surface area contributed by atoms with Crippen LogP contribution in [0.5, 0.6) is 0 Å². The monoisotopic (exact) mass is 185 g/mol. The fraction of sp³-hybridized carbons (Fsp3) is 0.900. The van der Waals surface area contributed by atoms with E-state index in [0.29, 0.717) is 0 Å². The minimum absolute atomic E-state index is 0.0661. The van der Waals surface area contributed by atoms with Crippen LogP contribution in [0, 0.1) is 5.41 Å². The number of hydrogen-bond acceptors (Lipinski definition) is 2. The molecule has 3 nitrogen and oxygen atoms in total. The Bertz CT molecular complexity index is 185. The molecule has 1 aliphatic carbocycles. The molecule has 0 heterocycles. The summed E-state index contributed by atoms with van der Waals surface area (Å²) in [7, 11) is 0. The van der Waals surface area contributed by atoms with E-state index in [2.05, 4.69) is 6.92 Å². The van der Waals surface area contributed by atoms with Crippen molar-refractivity contribution in [3.8, 4) is 0 Å². The lowest BCUT2D eigenvalue weighted by Gasteiger charge is -2.38. The molecule has 1 atom stereocenters. The summed E-state index contributed by atoms with van der Waals surface area (Å²) in [5.41, 5.74) is 5.97. The van der Waals surface area contributed by atoms with Crippen molar-refractivity contribution in [3.63, 3.8) is 0 Å². The van der Waals surface area contributed by atoms with Gasteiger partial charge in [0.25, 0.3) is 0 Å². The van der Waals surface area contributed by atoms with Crippen LogP contribution in [0.2, 0.25) is 0 Å². The van der Waals surface area contributed by atoms with Crippen LogP contribution in [-0.4, -0.2) is 17.1 Å². The molecule has 0 aromatic heterocycles. The van der Waals surface area contributed by atoms with Gasteiger partial charge in [-0.05, 0) is 18.3 Å². The van der Waals surface area contributed by atoms with Crippen molar-refractivity contribution in [1.82, 2.24) is 0 Å². The topological polar surface area (TPSA) is 63.3 Å². The van der Waals surface area contributed by atoms with Gasteiger partial charge in [-0.25, -0.2) is 0 Å². The van der Waals surface area contributed by atoms with Crippen LogP contribution >= 0.6 is 0 Å². The van der Waals surface area contributed by atoms with Crippen molar-refractivity contribution in [2.75, 3.05) is 0 Å². The zero-order valence-electron chi connectivity index (χ0n) is 8.25. The van der Waals surface area contributed by atoms with E-state index in [1.54, 1.807) is 0 Å². The highest BCUT2D eigenvalue weighted by Gasteiger charge is 2.34. The zero-order chi connectivity index (χ0) is 9.90. The van der Waals surface area contributed by atoms with Crippen molar-refractivity contribution in [1.29, 1.82) is 0 Å². The lowest BCUT2D eigenvalue weighted by molar-refractivity contribution is -0.138. The highest BCUT2D eigenvalue weighted by molar-refractivity contribution is 5.67. The molecule has 0 spiro atoms. The Morgan fingerprint density at radius 1 is 1.46 bits per heavy atom. The van der Waals surface area contributed by atoms with Crippen molar-refractivity contribution in [2.24, 2.45) is 11.1 Å². The van der Waals surface area contributed by atoms with E-state index in [9.17, 15) is 4.79 Å². The van der Waals surface area contributed by atoms with Crippen LogP contribution in [-0.2, 0) is 4.79 Å². The molecule has 76 valence electrons. The average Bonchev–Trinajstić information content (AvgIpc) is 2.04. The van der Waals surface area contributed by atoms with Gasteiger partial charge in [0.2, 0.25) is 0 Å². The SMILES string of the molecule is CC1(C(N)CC(=O)O)CCCCC1. The van der Waals surface area contributed by atoms with Gasteiger partial charge in [-0.1, -0.05) is 26.2 Å². The first-order valence-electron chi connectivity index (χ1n) is 5.02. The third kappa shape index (κ3) is 2.69. The van der Waals surface area contributed by atoms with E-state index in [-0.39, 0.29) is 17.9 Å². The molecular weight excluding hydrogens is 166 g/mol. The highest BCUT2D eigenvalue weighted by atomic mass is 16.4. The van der Waals surface area contributed by atoms with Crippen molar-refractivity contribution < 1.29 is 9.90 Å². The standard InChI is InChI=1S/C10H19NO2/c1-10(5-3-2-4-6-10)8(11)7-9(12)13/h8H,2-7,11H2,1H3,(H,12,13). The molecule has 1 fully saturated rings. The Morgan fingerprint density at radius 3 is 2.46 bits per heavy atom. The van der Waals surface area contributed by atoms with Crippen LogP contribution < -0.4 is 5.73 Å². The molecule has 1 saturated carbocycles. The van der Waals surface area contributed by atoms with Crippen LogP contribution in [0.15, 0.2) is 0 Å². The van der Waals surface area contributed by atoms with Crippen LogP contribution in [0.25, 0.3) is 0 Å². The molecular formula is C10H19NO2. The van der Waals surface area contributed by atoms with E-state index in [1.165, 1.54) is 19.3 Å². The summed E-state index contributed by atoms with van der Waals surface area (Å²) in [5.74, 6) is -0.778. The first kappa shape index (κ1) is 10.5. The molecule has 0 bridgehead atoms. The van der Waals surface area contributed by atoms with Crippen LogP contribution in [0.1, 0.15) is 45.4 Å². The molecule has 0 aromatic rings. The van der Waals surface area contributed by atoms with E-state index in [0.717, 1.165) is 12.8 Å². The fourth-order valence-electron chi connectivity index (χ4n) is 2.16. The number of aliphatic carboxylic acids is 1. The second-order valence-electron chi connectivity index (χ2n) is 4.42. The third-order valence-corrected chi connectivity index (χ3v) is 3.29. The highest BCUT2D eigenvalue weighted by Crippen LogP contribution is 2.38. The summed E-state index contributed by atoms with van der Waals surface area (Å²) in [6, 6.07) is -0.176. The minimum Gasteiger partial charge on any atom is -0.481 e. The summed E-state index contributed by atoms with van der Waals surface area (Å²) in [6.07, 6.45) is 5.95. The Labute approximate surface area is 79.3 Å². The Hall–Kier alpha value is -0.570. The minimum atomic E-state index is -0.778. The largest absolute Gasteiger partial charge is 0.481 e. The molecule has 3 heteroatoms. The third-order valence-electron chi connectivity index (χ3n) is 3.29. The number of rotatable bonds is 3. The summed E-state index contributed by atoms with van der Waals surface area (Å²) in [5, 5.41) is 8.65. The smallest absolute Gasteiger partial charge is 0.304 e. The van der Waals surface area contributed by atoms with Gasteiger partial charge in [-0.15, -0.1) is 0 Å². The fourth-order valence-corrected chi connectivity index (χ4v) is 2.16. The zero-order valence-corrected chi connectivity index (χ0v) is 8.25. The predicted octanol–water partition coefficient (Wildman–Crippen LogP) is 1.76. The molecule has 0 aromatic carbocycles. The molecule has 1 unspecified atom stereocenters. The summed E-state index contributed by atoms with van der Waals surface area (Å²) < 4.78 is 0. The predicted molar refractivity (Wildman–Crippen MR) is 51.4 cm³/mol. The van der Waals surface area contributed by atoms with E-state index < -0.39 is 5.97 Å². The van der Waals surface area contributed by atoms with Gasteiger partial charge >= 0.3 is 5.97 Å². The second kappa shape index (κ2) is 4.09. The number of nitrogens with two attached hydrogens (primary N) is 1. The van der Waals surface area contributed by atoms with E-state index >= 15 is 0 Å². The first-order chi connectivity index (χ1) is 6.04. The number of carbonyl (C=O) groups is 1. The van der Waals surface area contributed by atoms with Gasteiger partial charge in [0.05, 0.1) is 6.42 Å². The van der Waals surface area contributed by atoms with Crippen LogP contribution in [0.3, 0.4) is 0 Å². The number of carboxylic acids is 1. The summed E-state index contributed by atoms with van der Waals surface area (Å²) in [6.45, 7) is 2.12. The summed E-state index contributed by atoms with van der Waals surface area (Å²) >= 11 is 0. The Kier molecular flexibility index (Phi) is 3.31. The summed E-state index contributed by atoms with van der Waals surface area (Å²) in [4.78, 5) is 10.5.